The summed E-state index contributed by atoms with van der Waals surface area (Å²) in [5, 5.41) is 14.5. The molecule has 0 fully saturated rings. The first-order valence-electron chi connectivity index (χ1n) is 31.5. The van der Waals surface area contributed by atoms with Gasteiger partial charge in [-0.25, -0.2) is 0 Å². The first-order chi connectivity index (χ1) is 45.6. The van der Waals surface area contributed by atoms with E-state index < -0.39 is 0 Å². The van der Waals surface area contributed by atoms with Gasteiger partial charge in [0.2, 0.25) is 0 Å². The summed E-state index contributed by atoms with van der Waals surface area (Å²) in [4.78, 5) is 5.03. The number of rotatable bonds is 10. The summed E-state index contributed by atoms with van der Waals surface area (Å²) in [6.45, 7) is 0. The molecule has 0 spiro atoms. The number of aromatic nitrogens is 3. The van der Waals surface area contributed by atoms with E-state index >= 15 is 0 Å². The average Bonchev–Trinajstić information content (AvgIpc) is 1.54. The lowest BCUT2D eigenvalue weighted by atomic mass is 9.99. The SMILES string of the molecule is c1ccc(-n2c3ccccc3c3cc(N(c4cc(-c5ccc6c7c8sc9ccccc9c8ccc7n(-c7ccccc7)c6c5)cc(N(c5ccc6c(c5)c5ccccc5n6-c5ccccc5)c5cccc6ccccc56)c4)c4cccc5ccccc45)ccc32)cc1. The highest BCUT2D eigenvalue weighted by Crippen LogP contribution is 2.50. The van der Waals surface area contributed by atoms with Crippen LogP contribution in [-0.2, 0) is 0 Å². The molecular weight excluding hydrogens is 1140 g/mol. The van der Waals surface area contributed by atoms with E-state index in [4.69, 9.17) is 0 Å². The molecule has 430 valence electrons. The molecule has 19 rings (SSSR count). The molecule has 0 N–H and O–H groups in total. The number of benzene rings is 15. The second-order valence-corrected chi connectivity index (χ2v) is 25.1. The maximum absolute atomic E-state index is 2.51. The minimum Gasteiger partial charge on any atom is -0.310 e. The third kappa shape index (κ3) is 8.11. The molecule has 4 aromatic heterocycles. The van der Waals surface area contributed by atoms with Crippen LogP contribution in [0.2, 0.25) is 0 Å². The Kier molecular flexibility index (Phi) is 11.8. The molecule has 0 aliphatic heterocycles. The molecular formula is C86H55N5S. The van der Waals surface area contributed by atoms with E-state index in [1.165, 1.54) is 68.8 Å². The fourth-order valence-electron chi connectivity index (χ4n) is 14.9. The van der Waals surface area contributed by atoms with Crippen molar-refractivity contribution in [1.82, 2.24) is 13.7 Å². The van der Waals surface area contributed by atoms with Crippen LogP contribution in [0.1, 0.15) is 0 Å². The van der Waals surface area contributed by atoms with Gasteiger partial charge in [0.15, 0.2) is 0 Å². The Bertz CT molecular complexity index is 5880. The monoisotopic (exact) mass is 1190 g/mol. The van der Waals surface area contributed by atoms with Crippen LogP contribution < -0.4 is 9.80 Å². The Labute approximate surface area is 534 Å². The number of thiophene rings is 1. The van der Waals surface area contributed by atoms with Gasteiger partial charge >= 0.3 is 0 Å². The summed E-state index contributed by atoms with van der Waals surface area (Å²) in [5.41, 5.74) is 18.8. The number of hydrogen-bond donors (Lipinski definition) is 0. The number of hydrogen-bond acceptors (Lipinski definition) is 3. The quantitative estimate of drug-likeness (QED) is 0.136. The number of nitrogens with zero attached hydrogens (tertiary/aromatic N) is 5. The van der Waals surface area contributed by atoms with Gasteiger partial charge in [-0.2, -0.15) is 0 Å². The van der Waals surface area contributed by atoms with Crippen LogP contribution >= 0.6 is 11.3 Å². The third-order valence-electron chi connectivity index (χ3n) is 18.9. The summed E-state index contributed by atoms with van der Waals surface area (Å²) in [6.07, 6.45) is 0. The van der Waals surface area contributed by atoms with E-state index in [0.717, 1.165) is 101 Å². The van der Waals surface area contributed by atoms with Crippen LogP contribution in [0.4, 0.5) is 34.1 Å². The largest absolute Gasteiger partial charge is 0.310 e. The fraction of sp³-hybridized carbons (Fsp3) is 0. The van der Waals surface area contributed by atoms with E-state index in [1.807, 2.05) is 11.3 Å². The highest BCUT2D eigenvalue weighted by molar-refractivity contribution is 7.26. The number of para-hydroxylation sites is 5. The Morgan fingerprint density at radius 3 is 1.20 bits per heavy atom. The van der Waals surface area contributed by atoms with Crippen LogP contribution in [0.25, 0.3) is 135 Å². The summed E-state index contributed by atoms with van der Waals surface area (Å²) in [6, 6.07) is 123. The molecule has 5 nitrogen and oxygen atoms in total. The molecule has 0 saturated carbocycles. The average molecular weight is 1190 g/mol. The molecule has 0 saturated heterocycles. The lowest BCUT2D eigenvalue weighted by Crippen LogP contribution is -2.14. The van der Waals surface area contributed by atoms with E-state index in [9.17, 15) is 0 Å². The second-order valence-electron chi connectivity index (χ2n) is 24.0. The van der Waals surface area contributed by atoms with Gasteiger partial charge in [0.05, 0.1) is 44.5 Å². The maximum atomic E-state index is 2.51. The smallest absolute Gasteiger partial charge is 0.0555 e. The minimum absolute atomic E-state index is 1.02. The van der Waals surface area contributed by atoms with E-state index in [0.29, 0.717) is 0 Å². The Hall–Kier alpha value is -12.0. The summed E-state index contributed by atoms with van der Waals surface area (Å²) in [5.74, 6) is 0. The van der Waals surface area contributed by atoms with Crippen molar-refractivity contribution < 1.29 is 0 Å². The van der Waals surface area contributed by atoms with Crippen molar-refractivity contribution in [3.8, 4) is 28.2 Å². The molecule has 6 heteroatoms. The van der Waals surface area contributed by atoms with Crippen molar-refractivity contribution in [1.29, 1.82) is 0 Å². The zero-order valence-corrected chi connectivity index (χ0v) is 50.7. The highest BCUT2D eigenvalue weighted by atomic mass is 32.1. The lowest BCUT2D eigenvalue weighted by molar-refractivity contribution is 1.18. The van der Waals surface area contributed by atoms with Gasteiger partial charge in [0, 0.05) is 103 Å². The van der Waals surface area contributed by atoms with Crippen LogP contribution in [-0.4, -0.2) is 13.7 Å². The van der Waals surface area contributed by atoms with Crippen molar-refractivity contribution in [3.05, 3.63) is 334 Å². The molecule has 0 atom stereocenters. The van der Waals surface area contributed by atoms with Crippen molar-refractivity contribution in [2.24, 2.45) is 0 Å². The predicted octanol–water partition coefficient (Wildman–Crippen LogP) is 24.3. The zero-order chi connectivity index (χ0) is 60.4. The van der Waals surface area contributed by atoms with Crippen molar-refractivity contribution in [2.75, 3.05) is 9.80 Å². The van der Waals surface area contributed by atoms with Crippen molar-refractivity contribution in [2.45, 2.75) is 0 Å². The van der Waals surface area contributed by atoms with Gasteiger partial charge < -0.3 is 23.5 Å². The Morgan fingerprint density at radius 2 is 0.652 bits per heavy atom. The topological polar surface area (TPSA) is 21.3 Å². The molecule has 0 aliphatic carbocycles. The molecule has 4 heterocycles. The molecule has 0 bridgehead atoms. The van der Waals surface area contributed by atoms with Gasteiger partial charge in [0.1, 0.15) is 0 Å². The lowest BCUT2D eigenvalue weighted by Gasteiger charge is -2.31. The Balaban J connectivity index is 0.921. The van der Waals surface area contributed by atoms with Gasteiger partial charge in [-0.1, -0.05) is 200 Å². The molecule has 92 heavy (non-hydrogen) atoms. The van der Waals surface area contributed by atoms with Crippen LogP contribution in [0, 0.1) is 0 Å². The van der Waals surface area contributed by atoms with E-state index in [1.54, 1.807) is 0 Å². The molecule has 0 radical (unpaired) electrons. The second kappa shape index (κ2) is 20.8. The first kappa shape index (κ1) is 52.0. The van der Waals surface area contributed by atoms with Crippen LogP contribution in [0.3, 0.4) is 0 Å². The molecule has 19 aromatic rings. The molecule has 0 amide bonds. The maximum Gasteiger partial charge on any atom is 0.0555 e. The summed E-state index contributed by atoms with van der Waals surface area (Å²) < 4.78 is 9.90. The van der Waals surface area contributed by atoms with E-state index in [2.05, 4.69) is 357 Å². The first-order valence-corrected chi connectivity index (χ1v) is 32.3. The fourth-order valence-corrected chi connectivity index (χ4v) is 16.2. The van der Waals surface area contributed by atoms with Gasteiger partial charge in [-0.3, -0.25) is 0 Å². The standard InChI is InChI=1S/C86H55N5S/c1-4-26-60(27-5-1)89-78-37-17-14-34-69(78)74-54-63(43-47-80(74)89)87(76-39-20-24-56-22-10-12-32-67(56)76)65-50-59(58-42-45-73-83(52-58)91(62-30-8-3-9-31-62)82-49-46-72-71-36-16-19-41-84(71)92-86(72)85(73)82)51-66(53-65)88(77-40-21-25-57-23-11-13-33-68(57)77)64-44-48-81-75(55-64)70-35-15-18-38-79(70)90(81)61-28-6-2-7-29-61/h1-55H. The third-order valence-corrected chi connectivity index (χ3v) is 20.1. The van der Waals surface area contributed by atoms with Crippen LogP contribution in [0.15, 0.2) is 334 Å². The number of anilines is 6. The minimum atomic E-state index is 1.02. The van der Waals surface area contributed by atoms with Crippen molar-refractivity contribution >= 4 is 153 Å². The molecule has 15 aromatic carbocycles. The zero-order valence-electron chi connectivity index (χ0n) is 49.9. The van der Waals surface area contributed by atoms with Crippen molar-refractivity contribution in [3.63, 3.8) is 0 Å². The number of fused-ring (bicyclic) bond motifs is 15. The summed E-state index contributed by atoms with van der Waals surface area (Å²) in [7, 11) is 0. The summed E-state index contributed by atoms with van der Waals surface area (Å²) >= 11 is 1.89. The Morgan fingerprint density at radius 1 is 0.228 bits per heavy atom. The van der Waals surface area contributed by atoms with Gasteiger partial charge in [-0.05, 0) is 155 Å². The van der Waals surface area contributed by atoms with Crippen LogP contribution in [0.5, 0.6) is 0 Å². The highest BCUT2D eigenvalue weighted by Gasteiger charge is 2.26. The molecule has 0 unspecified atom stereocenters. The van der Waals surface area contributed by atoms with Gasteiger partial charge in [-0.15, -0.1) is 11.3 Å². The van der Waals surface area contributed by atoms with Gasteiger partial charge in [0.25, 0.3) is 0 Å². The predicted molar refractivity (Wildman–Crippen MR) is 392 cm³/mol. The normalized spacial score (nSPS) is 11.9. The molecule has 0 aliphatic rings. The van der Waals surface area contributed by atoms with E-state index in [-0.39, 0.29) is 0 Å².